The van der Waals surface area contributed by atoms with Gasteiger partial charge < -0.3 is 19.5 Å². The lowest BCUT2D eigenvalue weighted by Gasteiger charge is -2.36. The first-order valence-corrected chi connectivity index (χ1v) is 10.5. The molecule has 1 aliphatic rings. The number of likely N-dealkylation sites (tertiary alicyclic amines) is 1. The molecule has 0 spiro atoms. The van der Waals surface area contributed by atoms with Crippen LogP contribution in [-0.2, 0) is 16.0 Å². The summed E-state index contributed by atoms with van der Waals surface area (Å²) in [7, 11) is 1.87. The summed E-state index contributed by atoms with van der Waals surface area (Å²) >= 11 is 0. The summed E-state index contributed by atoms with van der Waals surface area (Å²) in [4.78, 5) is 33.0. The average molecular weight is 411 g/mol. The normalized spacial score (nSPS) is 15.4. The summed E-state index contributed by atoms with van der Waals surface area (Å²) < 4.78 is 5.14. The zero-order valence-corrected chi connectivity index (χ0v) is 17.5. The van der Waals surface area contributed by atoms with Gasteiger partial charge in [-0.15, -0.1) is 0 Å². The fraction of sp³-hybridized carbons (Fsp3) is 0.435. The number of hydrogen-bond donors (Lipinski definition) is 1. The van der Waals surface area contributed by atoms with Gasteiger partial charge in [-0.2, -0.15) is 0 Å². The summed E-state index contributed by atoms with van der Waals surface area (Å²) in [6.07, 6.45) is 9.60. The van der Waals surface area contributed by atoms with E-state index in [1.807, 2.05) is 30.3 Å². The van der Waals surface area contributed by atoms with Crippen molar-refractivity contribution in [2.45, 2.75) is 31.7 Å². The highest BCUT2D eigenvalue weighted by atomic mass is 16.3. The lowest BCUT2D eigenvalue weighted by molar-refractivity contribution is -0.132. The first kappa shape index (κ1) is 21.8. The molecule has 160 valence electrons. The van der Waals surface area contributed by atoms with E-state index in [1.165, 1.54) is 6.08 Å². The molecule has 2 aromatic heterocycles. The molecule has 1 fully saturated rings. The van der Waals surface area contributed by atoms with Crippen molar-refractivity contribution in [3.8, 4) is 0 Å². The van der Waals surface area contributed by atoms with Crippen molar-refractivity contribution >= 4 is 17.9 Å². The Hall–Kier alpha value is -2.93. The Labute approximate surface area is 177 Å². The largest absolute Gasteiger partial charge is 0.465 e. The van der Waals surface area contributed by atoms with Gasteiger partial charge in [0.15, 0.2) is 0 Å². The van der Waals surface area contributed by atoms with E-state index in [-0.39, 0.29) is 17.9 Å². The van der Waals surface area contributed by atoms with Gasteiger partial charge in [-0.05, 0) is 43.2 Å². The molecule has 0 bridgehead atoms. The quantitative estimate of drug-likeness (QED) is 0.642. The minimum atomic E-state index is -0.233. The van der Waals surface area contributed by atoms with Gasteiger partial charge in [-0.1, -0.05) is 6.07 Å². The maximum Gasteiger partial charge on any atom is 0.244 e. The molecule has 0 atom stereocenters. The van der Waals surface area contributed by atoms with Crippen molar-refractivity contribution in [3.63, 3.8) is 0 Å². The summed E-state index contributed by atoms with van der Waals surface area (Å²) in [6, 6.07) is 9.81. The number of carbonyl (C=O) groups excluding carboxylic acids is 2. The molecule has 3 rings (SSSR count). The highest BCUT2D eigenvalue weighted by Crippen LogP contribution is 2.16. The Morgan fingerprint density at radius 2 is 2.10 bits per heavy atom. The fourth-order valence-electron chi connectivity index (χ4n) is 3.62. The monoisotopic (exact) mass is 410 g/mol. The average Bonchev–Trinajstić information content (AvgIpc) is 3.30. The second kappa shape index (κ2) is 11.3. The van der Waals surface area contributed by atoms with Crippen LogP contribution in [0.5, 0.6) is 0 Å². The predicted octanol–water partition coefficient (Wildman–Crippen LogP) is 2.36. The molecule has 2 aromatic rings. The molecule has 0 radical (unpaired) electrons. The van der Waals surface area contributed by atoms with Crippen molar-refractivity contribution in [3.05, 3.63) is 60.3 Å². The summed E-state index contributed by atoms with van der Waals surface area (Å²) in [5, 5.41) is 2.74. The van der Waals surface area contributed by atoms with Gasteiger partial charge in [-0.25, -0.2) is 0 Å². The summed E-state index contributed by atoms with van der Waals surface area (Å²) in [5.41, 5.74) is 1.12. The zero-order valence-electron chi connectivity index (χ0n) is 17.5. The van der Waals surface area contributed by atoms with Gasteiger partial charge in [-0.3, -0.25) is 14.6 Å². The molecule has 30 heavy (non-hydrogen) atoms. The van der Waals surface area contributed by atoms with Crippen LogP contribution in [0, 0.1) is 0 Å². The number of hydrogen-bond acceptors (Lipinski definition) is 5. The Morgan fingerprint density at radius 3 is 2.80 bits per heavy atom. The number of amides is 2. The van der Waals surface area contributed by atoms with Crippen molar-refractivity contribution in [2.75, 3.05) is 33.2 Å². The second-order valence-electron chi connectivity index (χ2n) is 7.54. The minimum Gasteiger partial charge on any atom is -0.465 e. The van der Waals surface area contributed by atoms with Crippen LogP contribution in [-0.4, -0.2) is 65.9 Å². The molecular weight excluding hydrogens is 380 g/mol. The van der Waals surface area contributed by atoms with E-state index in [4.69, 9.17) is 4.42 Å². The van der Waals surface area contributed by atoms with E-state index in [9.17, 15) is 9.59 Å². The van der Waals surface area contributed by atoms with Gasteiger partial charge in [0.05, 0.1) is 6.26 Å². The van der Waals surface area contributed by atoms with E-state index in [2.05, 4.69) is 21.3 Å². The molecule has 2 amide bonds. The Kier molecular flexibility index (Phi) is 8.20. The van der Waals surface area contributed by atoms with Gasteiger partial charge in [0.2, 0.25) is 11.8 Å². The van der Waals surface area contributed by atoms with Crippen LogP contribution < -0.4 is 5.32 Å². The lowest BCUT2D eigenvalue weighted by atomic mass is 10.0. The van der Waals surface area contributed by atoms with E-state index < -0.39 is 0 Å². The third-order valence-corrected chi connectivity index (χ3v) is 5.49. The number of nitrogens with zero attached hydrogens (tertiary/aromatic N) is 3. The van der Waals surface area contributed by atoms with Gasteiger partial charge >= 0.3 is 0 Å². The highest BCUT2D eigenvalue weighted by Gasteiger charge is 2.25. The molecule has 7 nitrogen and oxygen atoms in total. The van der Waals surface area contributed by atoms with E-state index in [0.717, 1.165) is 44.6 Å². The molecule has 1 saturated heterocycles. The zero-order chi connectivity index (χ0) is 21.2. The van der Waals surface area contributed by atoms with Crippen LogP contribution in [0.2, 0.25) is 0 Å². The van der Waals surface area contributed by atoms with E-state index >= 15 is 0 Å². The number of carbonyl (C=O) groups is 2. The van der Waals surface area contributed by atoms with Crippen molar-refractivity contribution in [1.82, 2.24) is 20.1 Å². The number of aromatic nitrogens is 1. The third-order valence-electron chi connectivity index (χ3n) is 5.49. The first-order valence-electron chi connectivity index (χ1n) is 10.5. The standard InChI is InChI=1S/C23H30N4O3/c1-26(23(29)9-14-25-22(28)8-7-21-6-4-18-30-21)20-11-16-27(17-12-20)15-10-19-5-2-3-13-24-19/h2-8,13,18,20H,9-12,14-17H2,1H3,(H,25,28)/b8-7+. The molecule has 7 heteroatoms. The molecule has 0 saturated carbocycles. The van der Waals surface area contributed by atoms with Gasteiger partial charge in [0, 0.05) is 70.1 Å². The first-order chi connectivity index (χ1) is 14.6. The molecule has 1 N–H and O–H groups in total. The fourth-order valence-corrected chi connectivity index (χ4v) is 3.62. The molecule has 0 aromatic carbocycles. The molecule has 0 unspecified atom stereocenters. The number of nitrogens with one attached hydrogen (secondary N) is 1. The van der Waals surface area contributed by atoms with Crippen molar-refractivity contribution < 1.29 is 14.0 Å². The Bertz CT molecular complexity index is 812. The second-order valence-corrected chi connectivity index (χ2v) is 7.54. The van der Waals surface area contributed by atoms with Crippen LogP contribution in [0.4, 0.5) is 0 Å². The summed E-state index contributed by atoms with van der Waals surface area (Å²) in [6.45, 7) is 3.30. The lowest BCUT2D eigenvalue weighted by Crippen LogP contribution is -2.46. The number of furan rings is 1. The van der Waals surface area contributed by atoms with Crippen LogP contribution >= 0.6 is 0 Å². The Morgan fingerprint density at radius 1 is 1.27 bits per heavy atom. The highest BCUT2D eigenvalue weighted by molar-refractivity contribution is 5.91. The topological polar surface area (TPSA) is 78.7 Å². The third kappa shape index (κ3) is 6.84. The Balaban J connectivity index is 1.31. The predicted molar refractivity (Wildman–Crippen MR) is 116 cm³/mol. The van der Waals surface area contributed by atoms with Gasteiger partial charge in [0.1, 0.15) is 5.76 Å². The van der Waals surface area contributed by atoms with E-state index in [1.54, 1.807) is 24.5 Å². The summed E-state index contributed by atoms with van der Waals surface area (Å²) in [5.74, 6) is 0.452. The molecular formula is C23H30N4O3. The van der Waals surface area contributed by atoms with Crippen molar-refractivity contribution in [1.29, 1.82) is 0 Å². The van der Waals surface area contributed by atoms with E-state index in [0.29, 0.717) is 18.7 Å². The number of pyridine rings is 1. The minimum absolute atomic E-state index is 0.0669. The van der Waals surface area contributed by atoms with Crippen LogP contribution in [0.1, 0.15) is 30.7 Å². The molecule has 3 heterocycles. The molecule has 1 aliphatic heterocycles. The van der Waals surface area contributed by atoms with Gasteiger partial charge in [0.25, 0.3) is 0 Å². The maximum absolute atomic E-state index is 12.5. The van der Waals surface area contributed by atoms with Crippen LogP contribution in [0.3, 0.4) is 0 Å². The number of rotatable bonds is 9. The SMILES string of the molecule is CN(C(=O)CCNC(=O)/C=C/c1ccco1)C1CCN(CCc2ccccn2)CC1. The van der Waals surface area contributed by atoms with Crippen molar-refractivity contribution in [2.24, 2.45) is 0 Å². The van der Waals surface area contributed by atoms with Crippen LogP contribution in [0.25, 0.3) is 6.08 Å². The maximum atomic E-state index is 12.5. The van der Waals surface area contributed by atoms with Crippen LogP contribution in [0.15, 0.2) is 53.3 Å². The smallest absolute Gasteiger partial charge is 0.244 e. The number of piperidine rings is 1. The molecule has 0 aliphatic carbocycles.